The lowest BCUT2D eigenvalue weighted by Crippen LogP contribution is -2.23. The van der Waals surface area contributed by atoms with E-state index < -0.39 is 0 Å². The summed E-state index contributed by atoms with van der Waals surface area (Å²) in [5, 5.41) is 0. The second kappa shape index (κ2) is 9.10. The van der Waals surface area contributed by atoms with Crippen LogP contribution in [0, 0.1) is 0 Å². The first kappa shape index (κ1) is 17.1. The third kappa shape index (κ3) is 5.94. The van der Waals surface area contributed by atoms with Gasteiger partial charge < -0.3 is 4.74 Å². The number of imide groups is 1. The summed E-state index contributed by atoms with van der Waals surface area (Å²) in [6.07, 6.45) is 9.13. The number of likely N-dealkylation sites (N-methyl/N-ethyl adjacent to an activating group) is 1. The van der Waals surface area contributed by atoms with Crippen LogP contribution in [0.1, 0.15) is 44.9 Å². The highest BCUT2D eigenvalue weighted by molar-refractivity contribution is 6.13. The number of hydrogen-bond acceptors (Lipinski definition) is 4. The zero-order valence-corrected chi connectivity index (χ0v) is 12.6. The lowest BCUT2D eigenvalue weighted by Gasteiger charge is -2.03. The highest BCUT2D eigenvalue weighted by atomic mass is 16.5. The van der Waals surface area contributed by atoms with Gasteiger partial charge in [0.1, 0.15) is 0 Å². The lowest BCUT2D eigenvalue weighted by atomic mass is 10.1. The SMILES string of the molecule is C=CC(=O)OCCCCCCCC=C1CC(=O)N(C)C1=O. The third-order valence-corrected chi connectivity index (χ3v) is 3.45. The van der Waals surface area contributed by atoms with E-state index in [0.717, 1.165) is 38.5 Å². The maximum Gasteiger partial charge on any atom is 0.330 e. The number of esters is 1. The molecular formula is C16H23NO4. The van der Waals surface area contributed by atoms with Crippen LogP contribution in [-0.4, -0.2) is 36.3 Å². The molecule has 116 valence electrons. The molecule has 1 aliphatic rings. The van der Waals surface area contributed by atoms with Gasteiger partial charge in [0.25, 0.3) is 5.91 Å². The largest absolute Gasteiger partial charge is 0.463 e. The van der Waals surface area contributed by atoms with Crippen molar-refractivity contribution in [2.75, 3.05) is 13.7 Å². The van der Waals surface area contributed by atoms with Crippen LogP contribution in [0.25, 0.3) is 0 Å². The van der Waals surface area contributed by atoms with Crippen LogP contribution in [0.4, 0.5) is 0 Å². The Morgan fingerprint density at radius 3 is 2.52 bits per heavy atom. The molecule has 0 aromatic carbocycles. The van der Waals surface area contributed by atoms with E-state index in [0.29, 0.717) is 12.2 Å². The number of allylic oxidation sites excluding steroid dienone is 1. The number of likely N-dealkylation sites (tertiary alicyclic amines) is 1. The summed E-state index contributed by atoms with van der Waals surface area (Å²) in [7, 11) is 1.52. The standard InChI is InChI=1S/C16H23NO4/c1-3-15(19)21-11-9-7-5-4-6-8-10-13-12-14(18)17(2)16(13)20/h3,10H,1,4-9,11-12H2,2H3. The van der Waals surface area contributed by atoms with E-state index in [1.165, 1.54) is 18.0 Å². The molecule has 0 radical (unpaired) electrons. The van der Waals surface area contributed by atoms with Crippen molar-refractivity contribution in [3.05, 3.63) is 24.3 Å². The van der Waals surface area contributed by atoms with E-state index in [1.807, 2.05) is 6.08 Å². The molecule has 1 aliphatic heterocycles. The minimum atomic E-state index is -0.373. The van der Waals surface area contributed by atoms with Gasteiger partial charge in [-0.2, -0.15) is 0 Å². The fourth-order valence-corrected chi connectivity index (χ4v) is 2.13. The quantitative estimate of drug-likeness (QED) is 0.283. The van der Waals surface area contributed by atoms with Crippen molar-refractivity contribution in [2.45, 2.75) is 44.9 Å². The molecule has 1 fully saturated rings. The summed E-state index contributed by atoms with van der Waals surface area (Å²) in [4.78, 5) is 34.9. The number of unbranched alkanes of at least 4 members (excludes halogenated alkanes) is 5. The van der Waals surface area contributed by atoms with Crippen molar-refractivity contribution in [3.8, 4) is 0 Å². The van der Waals surface area contributed by atoms with Gasteiger partial charge in [-0.05, 0) is 19.3 Å². The van der Waals surface area contributed by atoms with Gasteiger partial charge >= 0.3 is 5.97 Å². The van der Waals surface area contributed by atoms with Crippen LogP contribution >= 0.6 is 0 Å². The number of carbonyl (C=O) groups is 3. The molecule has 0 atom stereocenters. The van der Waals surface area contributed by atoms with Crippen LogP contribution in [0.15, 0.2) is 24.3 Å². The van der Waals surface area contributed by atoms with Gasteiger partial charge in [0, 0.05) is 18.7 Å². The highest BCUT2D eigenvalue weighted by Crippen LogP contribution is 2.18. The Labute approximate surface area is 125 Å². The van der Waals surface area contributed by atoms with E-state index in [4.69, 9.17) is 4.74 Å². The Balaban J connectivity index is 2.03. The maximum absolute atomic E-state index is 11.6. The number of nitrogens with zero attached hydrogens (tertiary/aromatic N) is 1. The average molecular weight is 293 g/mol. The van der Waals surface area contributed by atoms with Crippen molar-refractivity contribution >= 4 is 17.8 Å². The first-order valence-electron chi connectivity index (χ1n) is 7.35. The predicted molar refractivity (Wildman–Crippen MR) is 79.3 cm³/mol. The van der Waals surface area contributed by atoms with Crippen LogP contribution in [-0.2, 0) is 19.1 Å². The van der Waals surface area contributed by atoms with Crippen LogP contribution in [0.5, 0.6) is 0 Å². The van der Waals surface area contributed by atoms with Crippen molar-refractivity contribution in [3.63, 3.8) is 0 Å². The molecular weight excluding hydrogens is 270 g/mol. The van der Waals surface area contributed by atoms with E-state index in [1.54, 1.807) is 0 Å². The van der Waals surface area contributed by atoms with Gasteiger partial charge in [-0.25, -0.2) is 4.79 Å². The molecule has 0 N–H and O–H groups in total. The van der Waals surface area contributed by atoms with Gasteiger partial charge in [-0.1, -0.05) is 31.9 Å². The first-order chi connectivity index (χ1) is 10.1. The Bertz CT molecular complexity index is 440. The van der Waals surface area contributed by atoms with Crippen LogP contribution in [0.3, 0.4) is 0 Å². The number of carbonyl (C=O) groups excluding carboxylic acids is 3. The molecule has 1 saturated heterocycles. The topological polar surface area (TPSA) is 63.7 Å². The second-order valence-corrected chi connectivity index (χ2v) is 5.09. The highest BCUT2D eigenvalue weighted by Gasteiger charge is 2.29. The molecule has 0 unspecified atom stereocenters. The van der Waals surface area contributed by atoms with Crippen molar-refractivity contribution in [2.24, 2.45) is 0 Å². The van der Waals surface area contributed by atoms with E-state index >= 15 is 0 Å². The number of ether oxygens (including phenoxy) is 1. The second-order valence-electron chi connectivity index (χ2n) is 5.09. The fourth-order valence-electron chi connectivity index (χ4n) is 2.13. The van der Waals surface area contributed by atoms with Gasteiger partial charge in [-0.3, -0.25) is 14.5 Å². The maximum atomic E-state index is 11.6. The minimum absolute atomic E-state index is 0.125. The summed E-state index contributed by atoms with van der Waals surface area (Å²) in [5.74, 6) is -0.660. The van der Waals surface area contributed by atoms with Crippen molar-refractivity contribution in [1.82, 2.24) is 4.90 Å². The smallest absolute Gasteiger partial charge is 0.330 e. The number of hydrogen-bond donors (Lipinski definition) is 0. The molecule has 0 saturated carbocycles. The predicted octanol–water partition coefficient (Wildman–Crippen LogP) is 2.37. The molecule has 0 bridgehead atoms. The van der Waals surface area contributed by atoms with E-state index in [9.17, 15) is 14.4 Å². The molecule has 5 heteroatoms. The van der Waals surface area contributed by atoms with Gasteiger partial charge in [-0.15, -0.1) is 0 Å². The van der Waals surface area contributed by atoms with Crippen LogP contribution < -0.4 is 0 Å². The molecule has 21 heavy (non-hydrogen) atoms. The van der Waals surface area contributed by atoms with Gasteiger partial charge in [0.15, 0.2) is 0 Å². The number of rotatable bonds is 9. The van der Waals surface area contributed by atoms with Gasteiger partial charge in [0.2, 0.25) is 5.91 Å². The molecule has 0 aromatic rings. The average Bonchev–Trinajstić information content (AvgIpc) is 2.72. The Kier molecular flexibility index (Phi) is 7.43. The lowest BCUT2D eigenvalue weighted by molar-refractivity contribution is -0.138. The zero-order chi connectivity index (χ0) is 15.7. The summed E-state index contributed by atoms with van der Waals surface area (Å²) in [5.41, 5.74) is 0.624. The van der Waals surface area contributed by atoms with E-state index in [2.05, 4.69) is 6.58 Å². The zero-order valence-electron chi connectivity index (χ0n) is 12.6. The van der Waals surface area contributed by atoms with Crippen molar-refractivity contribution < 1.29 is 19.1 Å². The molecule has 0 aliphatic carbocycles. The monoisotopic (exact) mass is 293 g/mol. The third-order valence-electron chi connectivity index (χ3n) is 3.45. The summed E-state index contributed by atoms with van der Waals surface area (Å²) < 4.78 is 4.88. The molecule has 5 nitrogen and oxygen atoms in total. The molecule has 2 amide bonds. The summed E-state index contributed by atoms with van der Waals surface area (Å²) in [6.45, 7) is 3.77. The molecule has 1 heterocycles. The number of amides is 2. The Morgan fingerprint density at radius 1 is 1.24 bits per heavy atom. The minimum Gasteiger partial charge on any atom is -0.463 e. The Hall–Kier alpha value is -1.91. The summed E-state index contributed by atoms with van der Waals surface area (Å²) >= 11 is 0. The normalized spacial score (nSPS) is 16.6. The van der Waals surface area contributed by atoms with E-state index in [-0.39, 0.29) is 24.2 Å². The van der Waals surface area contributed by atoms with Gasteiger partial charge in [0.05, 0.1) is 13.0 Å². The molecule has 0 aromatic heterocycles. The Morgan fingerprint density at radius 2 is 1.90 bits per heavy atom. The first-order valence-corrected chi connectivity index (χ1v) is 7.35. The molecule has 0 spiro atoms. The molecule has 1 rings (SSSR count). The summed E-state index contributed by atoms with van der Waals surface area (Å²) in [6, 6.07) is 0. The van der Waals surface area contributed by atoms with Crippen molar-refractivity contribution in [1.29, 1.82) is 0 Å². The van der Waals surface area contributed by atoms with Crippen LogP contribution in [0.2, 0.25) is 0 Å². The fraction of sp³-hybridized carbons (Fsp3) is 0.562.